The van der Waals surface area contributed by atoms with Gasteiger partial charge in [0.25, 0.3) is 0 Å². The summed E-state index contributed by atoms with van der Waals surface area (Å²) in [6, 6.07) is 27.0. The van der Waals surface area contributed by atoms with Gasteiger partial charge in [-0.05, 0) is 30.0 Å². The predicted octanol–water partition coefficient (Wildman–Crippen LogP) is 5.03. The highest BCUT2D eigenvalue weighted by atomic mass is 32.2. The molecule has 2 aliphatic rings. The number of carbonyl (C=O) groups is 2. The van der Waals surface area contributed by atoms with Crippen molar-refractivity contribution < 1.29 is 33.3 Å². The standard InChI is InChI=1S/C29H28O7S/c1-2-37-29-25(35-27(31)20-14-8-4-9-15-20)24(34-26(30)19-12-6-3-7-13-19)23-22(33-29)18-32-28(36-23)21-16-10-5-11-17-21/h3-17,22-25,28-29H,2,18H2,1H3/t22-,23-,24+,25-,28?,29+/m1/s1. The molecule has 3 aromatic carbocycles. The van der Waals surface area contributed by atoms with Crippen molar-refractivity contribution in [2.24, 2.45) is 0 Å². The van der Waals surface area contributed by atoms with Crippen LogP contribution in [-0.4, -0.2) is 54.2 Å². The fourth-order valence-corrected chi connectivity index (χ4v) is 5.37. The average molecular weight is 521 g/mol. The molecule has 0 spiro atoms. The van der Waals surface area contributed by atoms with Crippen molar-refractivity contribution in [2.45, 2.75) is 43.1 Å². The number of carbonyl (C=O) groups excluding carboxylic acids is 2. The van der Waals surface area contributed by atoms with E-state index in [1.54, 1.807) is 48.5 Å². The van der Waals surface area contributed by atoms with Crippen LogP contribution in [0.2, 0.25) is 0 Å². The quantitative estimate of drug-likeness (QED) is 0.402. The molecule has 0 aliphatic carbocycles. The Labute approximate surface area is 220 Å². The molecule has 0 N–H and O–H groups in total. The minimum atomic E-state index is -0.918. The first-order valence-corrected chi connectivity index (χ1v) is 13.3. The zero-order chi connectivity index (χ0) is 25.6. The Morgan fingerprint density at radius 2 is 1.32 bits per heavy atom. The van der Waals surface area contributed by atoms with E-state index in [4.69, 9.17) is 23.7 Å². The van der Waals surface area contributed by atoms with E-state index in [0.717, 1.165) is 5.56 Å². The molecule has 5 rings (SSSR count). The highest BCUT2D eigenvalue weighted by molar-refractivity contribution is 7.99. The Morgan fingerprint density at radius 3 is 1.89 bits per heavy atom. The van der Waals surface area contributed by atoms with Gasteiger partial charge < -0.3 is 23.7 Å². The van der Waals surface area contributed by atoms with Gasteiger partial charge in [0.1, 0.15) is 17.6 Å². The molecule has 1 unspecified atom stereocenters. The fraction of sp³-hybridized carbons (Fsp3) is 0.310. The number of fused-ring (bicyclic) bond motifs is 1. The van der Waals surface area contributed by atoms with Crippen molar-refractivity contribution in [3.8, 4) is 0 Å². The third kappa shape index (κ3) is 5.88. The molecule has 0 saturated carbocycles. The van der Waals surface area contributed by atoms with Gasteiger partial charge in [0, 0.05) is 5.56 Å². The van der Waals surface area contributed by atoms with E-state index < -0.39 is 48.1 Å². The zero-order valence-electron chi connectivity index (χ0n) is 20.3. The van der Waals surface area contributed by atoms with Gasteiger partial charge >= 0.3 is 11.9 Å². The summed E-state index contributed by atoms with van der Waals surface area (Å²) in [6.45, 7) is 2.23. The van der Waals surface area contributed by atoms with Crippen LogP contribution in [0.4, 0.5) is 0 Å². The van der Waals surface area contributed by atoms with Gasteiger partial charge in [-0.3, -0.25) is 0 Å². The van der Waals surface area contributed by atoms with Crippen molar-refractivity contribution in [1.29, 1.82) is 0 Å². The van der Waals surface area contributed by atoms with E-state index in [1.807, 2.05) is 49.4 Å². The molecule has 37 heavy (non-hydrogen) atoms. The molecule has 2 fully saturated rings. The number of hydrogen-bond acceptors (Lipinski definition) is 8. The second-order valence-electron chi connectivity index (χ2n) is 8.65. The SMILES string of the molecule is CCS[C@@H]1O[C@@H]2COC(c3ccccc3)O[C@H]2[C@H](OC(=O)c2ccccc2)[C@H]1OC(=O)c1ccccc1. The highest BCUT2D eigenvalue weighted by Crippen LogP contribution is 2.39. The molecular weight excluding hydrogens is 492 g/mol. The van der Waals surface area contributed by atoms with Gasteiger partial charge in [-0.1, -0.05) is 73.7 Å². The second-order valence-corrected chi connectivity index (χ2v) is 10.0. The number of ether oxygens (including phenoxy) is 5. The molecular formula is C29H28O7S. The van der Waals surface area contributed by atoms with E-state index >= 15 is 0 Å². The van der Waals surface area contributed by atoms with Crippen molar-refractivity contribution in [2.75, 3.05) is 12.4 Å². The highest BCUT2D eigenvalue weighted by Gasteiger charge is 2.53. The lowest BCUT2D eigenvalue weighted by atomic mass is 9.98. The summed E-state index contributed by atoms with van der Waals surface area (Å²) >= 11 is 1.48. The second kappa shape index (κ2) is 11.9. The van der Waals surface area contributed by atoms with Crippen LogP contribution in [0.5, 0.6) is 0 Å². The maximum Gasteiger partial charge on any atom is 0.338 e. The van der Waals surface area contributed by atoms with Gasteiger partial charge in [-0.15, -0.1) is 11.8 Å². The van der Waals surface area contributed by atoms with Gasteiger partial charge in [0.2, 0.25) is 0 Å². The van der Waals surface area contributed by atoms with Gasteiger partial charge in [0.05, 0.1) is 17.7 Å². The molecule has 2 aliphatic heterocycles. The molecule has 7 nitrogen and oxygen atoms in total. The van der Waals surface area contributed by atoms with Crippen molar-refractivity contribution >= 4 is 23.7 Å². The Bertz CT molecular complexity index is 1170. The molecule has 0 aromatic heterocycles. The lowest BCUT2D eigenvalue weighted by Crippen LogP contribution is -2.63. The summed E-state index contributed by atoms with van der Waals surface area (Å²) in [5.41, 5.74) is 1.04. The van der Waals surface area contributed by atoms with Crippen LogP contribution in [0.25, 0.3) is 0 Å². The molecule has 3 aromatic rings. The van der Waals surface area contributed by atoms with Crippen molar-refractivity contribution in [3.63, 3.8) is 0 Å². The van der Waals surface area contributed by atoms with Crippen LogP contribution < -0.4 is 0 Å². The van der Waals surface area contributed by atoms with Crippen LogP contribution >= 0.6 is 11.8 Å². The first-order chi connectivity index (χ1) is 18.1. The monoisotopic (exact) mass is 520 g/mol. The number of hydrogen-bond donors (Lipinski definition) is 0. The maximum absolute atomic E-state index is 13.2. The number of esters is 2. The normalized spacial score (nSPS) is 27.1. The van der Waals surface area contributed by atoms with Crippen LogP contribution in [0.3, 0.4) is 0 Å². The summed E-state index contributed by atoms with van der Waals surface area (Å²) in [7, 11) is 0. The minimum absolute atomic E-state index is 0.240. The summed E-state index contributed by atoms with van der Waals surface area (Å²) in [5.74, 6) is -0.352. The lowest BCUT2D eigenvalue weighted by Gasteiger charge is -2.48. The third-order valence-electron chi connectivity index (χ3n) is 6.19. The maximum atomic E-state index is 13.2. The molecule has 8 heteroatoms. The van der Waals surface area contributed by atoms with Gasteiger partial charge in [0.15, 0.2) is 18.5 Å². The Balaban J connectivity index is 1.47. The summed E-state index contributed by atoms with van der Waals surface area (Å²) in [5, 5.41) is 0. The van der Waals surface area contributed by atoms with Gasteiger partial charge in [-0.2, -0.15) is 0 Å². The molecule has 0 bridgehead atoms. The van der Waals surface area contributed by atoms with Crippen molar-refractivity contribution in [3.05, 3.63) is 108 Å². The Hall–Kier alpha value is -3.17. The minimum Gasteiger partial charge on any atom is -0.452 e. The van der Waals surface area contributed by atoms with Crippen LogP contribution in [-0.2, 0) is 23.7 Å². The molecule has 0 radical (unpaired) electrons. The van der Waals surface area contributed by atoms with Crippen LogP contribution in [0, 0.1) is 0 Å². The topological polar surface area (TPSA) is 80.3 Å². The average Bonchev–Trinajstić information content (AvgIpc) is 2.96. The third-order valence-corrected chi connectivity index (χ3v) is 7.23. The van der Waals surface area contributed by atoms with Crippen molar-refractivity contribution in [1.82, 2.24) is 0 Å². The fourth-order valence-electron chi connectivity index (χ4n) is 4.42. The molecule has 192 valence electrons. The van der Waals surface area contributed by atoms with E-state index in [0.29, 0.717) is 16.9 Å². The Morgan fingerprint density at radius 1 is 0.784 bits per heavy atom. The van der Waals surface area contributed by atoms with E-state index in [9.17, 15) is 9.59 Å². The van der Waals surface area contributed by atoms with E-state index in [2.05, 4.69) is 0 Å². The number of benzene rings is 3. The first-order valence-electron chi connectivity index (χ1n) is 12.2. The van der Waals surface area contributed by atoms with Crippen LogP contribution in [0.1, 0.15) is 39.5 Å². The smallest absolute Gasteiger partial charge is 0.338 e. The zero-order valence-corrected chi connectivity index (χ0v) is 21.1. The number of thioether (sulfide) groups is 1. The summed E-state index contributed by atoms with van der Waals surface area (Å²) in [4.78, 5) is 26.3. The van der Waals surface area contributed by atoms with E-state index in [1.165, 1.54) is 11.8 Å². The lowest BCUT2D eigenvalue weighted by molar-refractivity contribution is -0.317. The Kier molecular flexibility index (Phi) is 8.21. The van der Waals surface area contributed by atoms with E-state index in [-0.39, 0.29) is 6.61 Å². The molecule has 2 saturated heterocycles. The summed E-state index contributed by atoms with van der Waals surface area (Å²) < 4.78 is 30.7. The van der Waals surface area contributed by atoms with Gasteiger partial charge in [-0.25, -0.2) is 9.59 Å². The summed E-state index contributed by atoms with van der Waals surface area (Å²) in [6.07, 6.45) is -3.72. The number of rotatable bonds is 7. The molecule has 6 atom stereocenters. The van der Waals surface area contributed by atoms with Crippen LogP contribution in [0.15, 0.2) is 91.0 Å². The molecule has 0 amide bonds. The first kappa shape index (κ1) is 25.5. The largest absolute Gasteiger partial charge is 0.452 e. The predicted molar refractivity (Wildman–Crippen MR) is 138 cm³/mol. The molecule has 2 heterocycles.